The zero-order valence-corrected chi connectivity index (χ0v) is 17.9. The number of anilines is 2. The molecule has 1 aromatic rings. The van der Waals surface area contributed by atoms with Gasteiger partial charge >= 0.3 is 6.09 Å². The largest absolute Gasteiger partial charge is 0.442 e. The van der Waals surface area contributed by atoms with Crippen molar-refractivity contribution in [2.75, 3.05) is 55.7 Å². The standard InChI is InChI=1S/C18H22Cl2FN5O5/c19-16(20)17(29)22-8-12-9-25(18(30)31-12)11-1-2-14(13(21)7-11)24-4-3-23-26(6-5-24)15(28)10-27/h1-2,7,12,16,23,27H,3-6,8-10H2,(H,22,29). The first kappa shape index (κ1) is 23.3. The molecular formula is C18H22Cl2FN5O5. The minimum atomic E-state index is -1.22. The van der Waals surface area contributed by atoms with E-state index in [9.17, 15) is 18.8 Å². The lowest BCUT2D eigenvalue weighted by Crippen LogP contribution is -2.45. The van der Waals surface area contributed by atoms with Gasteiger partial charge < -0.3 is 20.1 Å². The lowest BCUT2D eigenvalue weighted by atomic mass is 10.2. The number of nitrogens with one attached hydrogen (secondary N) is 2. The van der Waals surface area contributed by atoms with Crippen LogP contribution in [0.1, 0.15) is 0 Å². The quantitative estimate of drug-likeness (QED) is 0.502. The van der Waals surface area contributed by atoms with Crippen molar-refractivity contribution in [3.63, 3.8) is 0 Å². The summed E-state index contributed by atoms with van der Waals surface area (Å²) in [6.07, 6.45) is -1.28. The van der Waals surface area contributed by atoms with Gasteiger partial charge in [0.1, 0.15) is 18.5 Å². The number of ether oxygens (including phenoxy) is 1. The van der Waals surface area contributed by atoms with Crippen LogP contribution in [0.4, 0.5) is 20.6 Å². The van der Waals surface area contributed by atoms with Crippen LogP contribution < -0.4 is 20.5 Å². The number of hydrogen-bond acceptors (Lipinski definition) is 7. The van der Waals surface area contributed by atoms with Crippen molar-refractivity contribution in [1.82, 2.24) is 15.8 Å². The highest BCUT2D eigenvalue weighted by molar-refractivity contribution is 6.53. The van der Waals surface area contributed by atoms with Crippen molar-refractivity contribution in [2.45, 2.75) is 10.9 Å². The maximum atomic E-state index is 14.9. The highest BCUT2D eigenvalue weighted by atomic mass is 35.5. The van der Waals surface area contributed by atoms with Crippen LogP contribution in [0.5, 0.6) is 0 Å². The Balaban J connectivity index is 1.63. The van der Waals surface area contributed by atoms with Gasteiger partial charge in [-0.1, -0.05) is 23.2 Å². The number of carbonyl (C=O) groups excluding carboxylic acids is 3. The monoisotopic (exact) mass is 477 g/mol. The SMILES string of the molecule is O=C(NCC1CN(c2ccc(N3CCNN(C(=O)CO)CC3)c(F)c2)C(=O)O1)C(Cl)Cl. The molecule has 0 aromatic heterocycles. The minimum Gasteiger partial charge on any atom is -0.442 e. The summed E-state index contributed by atoms with van der Waals surface area (Å²) in [5, 5.41) is 12.8. The number of aliphatic hydroxyl groups excluding tert-OH is 1. The highest BCUT2D eigenvalue weighted by Crippen LogP contribution is 2.28. The molecule has 0 radical (unpaired) electrons. The number of carbonyl (C=O) groups is 3. The van der Waals surface area contributed by atoms with Crippen LogP contribution in [-0.2, 0) is 14.3 Å². The Morgan fingerprint density at radius 2 is 2.10 bits per heavy atom. The molecule has 3 amide bonds. The van der Waals surface area contributed by atoms with Crippen molar-refractivity contribution in [3.05, 3.63) is 24.0 Å². The summed E-state index contributed by atoms with van der Waals surface area (Å²) in [6, 6.07) is 4.39. The second kappa shape index (κ2) is 10.3. The average Bonchev–Trinajstić information content (AvgIpc) is 2.95. The van der Waals surface area contributed by atoms with Gasteiger partial charge in [-0.3, -0.25) is 19.5 Å². The third-order valence-electron chi connectivity index (χ3n) is 4.87. The van der Waals surface area contributed by atoms with Crippen LogP contribution >= 0.6 is 23.2 Å². The van der Waals surface area contributed by atoms with E-state index in [0.717, 1.165) is 0 Å². The van der Waals surface area contributed by atoms with Gasteiger partial charge in [0.25, 0.3) is 11.8 Å². The first-order valence-electron chi connectivity index (χ1n) is 9.53. The number of amides is 3. The first-order valence-corrected chi connectivity index (χ1v) is 10.4. The minimum absolute atomic E-state index is 0.0292. The average molecular weight is 478 g/mol. The van der Waals surface area contributed by atoms with Crippen LogP contribution in [0, 0.1) is 5.82 Å². The van der Waals surface area contributed by atoms with Gasteiger partial charge in [-0.2, -0.15) is 0 Å². The molecule has 3 rings (SSSR count). The smallest absolute Gasteiger partial charge is 0.414 e. The van der Waals surface area contributed by atoms with E-state index < -0.39 is 41.3 Å². The predicted octanol–water partition coefficient (Wildman–Crippen LogP) is 0.216. The first-order chi connectivity index (χ1) is 14.8. The molecule has 2 aliphatic rings. The van der Waals surface area contributed by atoms with E-state index in [1.54, 1.807) is 17.0 Å². The van der Waals surface area contributed by atoms with Gasteiger partial charge in [0.2, 0.25) is 0 Å². The molecule has 0 saturated carbocycles. The number of benzene rings is 1. The molecule has 3 N–H and O–H groups in total. The topological polar surface area (TPSA) is 114 Å². The lowest BCUT2D eigenvalue weighted by molar-refractivity contribution is -0.137. The summed E-state index contributed by atoms with van der Waals surface area (Å²) in [6.45, 7) is 1.03. The van der Waals surface area contributed by atoms with E-state index in [4.69, 9.17) is 33.0 Å². The molecule has 2 heterocycles. The maximum Gasteiger partial charge on any atom is 0.414 e. The number of halogens is 3. The van der Waals surface area contributed by atoms with E-state index in [1.165, 1.54) is 16.0 Å². The van der Waals surface area contributed by atoms with Crippen molar-refractivity contribution in [2.24, 2.45) is 0 Å². The van der Waals surface area contributed by atoms with Gasteiger partial charge in [-0.15, -0.1) is 0 Å². The van der Waals surface area contributed by atoms with Gasteiger partial charge in [-0.05, 0) is 18.2 Å². The Labute approximate surface area is 187 Å². The summed E-state index contributed by atoms with van der Waals surface area (Å²) in [4.78, 5) is 37.1. The molecule has 1 atom stereocenters. The zero-order chi connectivity index (χ0) is 22.5. The van der Waals surface area contributed by atoms with Crippen molar-refractivity contribution in [3.8, 4) is 0 Å². The van der Waals surface area contributed by atoms with Crippen LogP contribution in [0.2, 0.25) is 0 Å². The predicted molar refractivity (Wildman–Crippen MR) is 112 cm³/mol. The van der Waals surface area contributed by atoms with Gasteiger partial charge in [0.15, 0.2) is 4.84 Å². The van der Waals surface area contributed by atoms with Crippen molar-refractivity contribution in [1.29, 1.82) is 0 Å². The third-order valence-corrected chi connectivity index (χ3v) is 5.27. The van der Waals surface area contributed by atoms with E-state index in [2.05, 4.69) is 10.7 Å². The Hall–Kier alpha value is -2.34. The molecule has 0 spiro atoms. The number of hydrogen-bond donors (Lipinski definition) is 3. The second-order valence-corrected chi connectivity index (χ2v) is 7.99. The van der Waals surface area contributed by atoms with E-state index in [0.29, 0.717) is 31.0 Å². The second-order valence-electron chi connectivity index (χ2n) is 6.90. The zero-order valence-electron chi connectivity index (χ0n) is 16.4. The molecule has 31 heavy (non-hydrogen) atoms. The Kier molecular flexibility index (Phi) is 7.76. The van der Waals surface area contributed by atoms with Crippen molar-refractivity contribution >= 4 is 52.5 Å². The molecule has 1 aromatic carbocycles. The third kappa shape index (κ3) is 5.67. The lowest BCUT2D eigenvalue weighted by Gasteiger charge is -2.24. The number of rotatable bonds is 6. The molecular weight excluding hydrogens is 456 g/mol. The highest BCUT2D eigenvalue weighted by Gasteiger charge is 2.33. The maximum absolute atomic E-state index is 14.9. The molecule has 13 heteroatoms. The summed E-state index contributed by atoms with van der Waals surface area (Å²) < 4.78 is 20.1. The number of aliphatic hydroxyl groups is 1. The molecule has 2 aliphatic heterocycles. The Bertz CT molecular complexity index is 846. The number of nitrogens with zero attached hydrogens (tertiary/aromatic N) is 3. The number of alkyl halides is 2. The van der Waals surface area contributed by atoms with E-state index in [-0.39, 0.29) is 19.6 Å². The molecule has 1 unspecified atom stereocenters. The summed E-state index contributed by atoms with van der Waals surface area (Å²) >= 11 is 10.9. The molecule has 2 saturated heterocycles. The molecule has 2 fully saturated rings. The van der Waals surface area contributed by atoms with Crippen molar-refractivity contribution < 1.29 is 28.6 Å². The summed E-state index contributed by atoms with van der Waals surface area (Å²) in [7, 11) is 0. The normalized spacial score (nSPS) is 19.5. The van der Waals surface area contributed by atoms with Crippen LogP contribution in [0.25, 0.3) is 0 Å². The van der Waals surface area contributed by atoms with E-state index in [1.807, 2.05) is 0 Å². The van der Waals surface area contributed by atoms with E-state index >= 15 is 0 Å². The number of hydrazine groups is 1. The van der Waals surface area contributed by atoms with Crippen LogP contribution in [0.3, 0.4) is 0 Å². The fourth-order valence-corrected chi connectivity index (χ4v) is 3.48. The molecule has 0 aliphatic carbocycles. The van der Waals surface area contributed by atoms with Crippen LogP contribution in [0.15, 0.2) is 18.2 Å². The Morgan fingerprint density at radius 1 is 1.32 bits per heavy atom. The molecule has 10 nitrogen and oxygen atoms in total. The summed E-state index contributed by atoms with van der Waals surface area (Å²) in [5.41, 5.74) is 3.54. The number of cyclic esters (lactones) is 1. The Morgan fingerprint density at radius 3 is 2.77 bits per heavy atom. The fourth-order valence-electron chi connectivity index (χ4n) is 3.32. The summed E-state index contributed by atoms with van der Waals surface area (Å²) in [5.74, 6) is -1.58. The molecule has 170 valence electrons. The van der Waals surface area contributed by atoms with Crippen LogP contribution in [-0.4, -0.2) is 84.8 Å². The van der Waals surface area contributed by atoms with Gasteiger partial charge in [0, 0.05) is 19.6 Å². The molecule has 0 bridgehead atoms. The fraction of sp³-hybridized carbons (Fsp3) is 0.500. The van der Waals surface area contributed by atoms with Gasteiger partial charge in [-0.25, -0.2) is 14.6 Å². The van der Waals surface area contributed by atoms with Gasteiger partial charge in [0.05, 0.1) is 31.0 Å².